The van der Waals surface area contributed by atoms with E-state index in [0.717, 1.165) is 28.6 Å². The van der Waals surface area contributed by atoms with Gasteiger partial charge in [-0.2, -0.15) is 0 Å². The summed E-state index contributed by atoms with van der Waals surface area (Å²) < 4.78 is 0.931. The predicted molar refractivity (Wildman–Crippen MR) is 75.4 cm³/mol. The molecule has 1 atom stereocenters. The number of nitrogens with zero attached hydrogens (tertiary/aromatic N) is 1. The standard InChI is InChI=1S/C12H15BrN2OS/c1-8-6-9(13)7-14-11(8)15-12(16)10-4-2-3-5-17-10/h6-7,10H,2-5H2,1H3,(H,14,15,16). The molecule has 2 rings (SSSR count). The molecule has 1 aliphatic rings. The molecule has 0 bridgehead atoms. The van der Waals surface area contributed by atoms with Crippen LogP contribution in [0, 0.1) is 6.92 Å². The number of halogens is 1. The first-order valence-electron chi connectivity index (χ1n) is 5.71. The quantitative estimate of drug-likeness (QED) is 0.910. The van der Waals surface area contributed by atoms with Gasteiger partial charge in [0.1, 0.15) is 5.82 Å². The van der Waals surface area contributed by atoms with Gasteiger partial charge in [-0.15, -0.1) is 11.8 Å². The number of hydrogen-bond donors (Lipinski definition) is 1. The average molecular weight is 315 g/mol. The van der Waals surface area contributed by atoms with Gasteiger partial charge >= 0.3 is 0 Å². The Morgan fingerprint density at radius 2 is 2.41 bits per heavy atom. The molecule has 1 aliphatic heterocycles. The second-order valence-electron chi connectivity index (χ2n) is 4.16. The highest BCUT2D eigenvalue weighted by Gasteiger charge is 2.22. The van der Waals surface area contributed by atoms with Gasteiger partial charge in [-0.1, -0.05) is 6.42 Å². The lowest BCUT2D eigenvalue weighted by Gasteiger charge is -2.20. The lowest BCUT2D eigenvalue weighted by molar-refractivity contribution is -0.115. The molecule has 17 heavy (non-hydrogen) atoms. The van der Waals surface area contributed by atoms with Crippen molar-refractivity contribution in [2.45, 2.75) is 31.4 Å². The summed E-state index contributed by atoms with van der Waals surface area (Å²) in [5, 5.41) is 3.01. The monoisotopic (exact) mass is 314 g/mol. The van der Waals surface area contributed by atoms with E-state index in [4.69, 9.17) is 0 Å². The van der Waals surface area contributed by atoms with Gasteiger partial charge < -0.3 is 5.32 Å². The summed E-state index contributed by atoms with van der Waals surface area (Å²) in [5.74, 6) is 1.85. The van der Waals surface area contributed by atoms with Crippen molar-refractivity contribution in [2.75, 3.05) is 11.1 Å². The zero-order chi connectivity index (χ0) is 12.3. The zero-order valence-corrected chi connectivity index (χ0v) is 12.1. The van der Waals surface area contributed by atoms with Gasteiger partial charge in [0.05, 0.1) is 5.25 Å². The number of aromatic nitrogens is 1. The zero-order valence-electron chi connectivity index (χ0n) is 9.70. The molecular formula is C12H15BrN2OS. The maximum atomic E-state index is 12.0. The molecule has 1 saturated heterocycles. The predicted octanol–water partition coefficient (Wildman–Crippen LogP) is 3.38. The van der Waals surface area contributed by atoms with Gasteiger partial charge in [-0.05, 0) is 53.1 Å². The highest BCUT2D eigenvalue weighted by molar-refractivity contribution is 9.10. The van der Waals surface area contributed by atoms with Crippen molar-refractivity contribution in [1.82, 2.24) is 4.98 Å². The van der Waals surface area contributed by atoms with Crippen molar-refractivity contribution in [3.05, 3.63) is 22.3 Å². The highest BCUT2D eigenvalue weighted by Crippen LogP contribution is 2.26. The van der Waals surface area contributed by atoms with Crippen LogP contribution < -0.4 is 5.32 Å². The molecule has 1 fully saturated rings. The number of rotatable bonds is 2. The Morgan fingerprint density at radius 1 is 1.59 bits per heavy atom. The Bertz CT molecular complexity index is 419. The van der Waals surface area contributed by atoms with E-state index in [1.807, 2.05) is 13.0 Å². The minimum absolute atomic E-state index is 0.0904. The molecule has 3 nitrogen and oxygen atoms in total. The molecule has 1 unspecified atom stereocenters. The molecule has 1 aromatic heterocycles. The molecule has 0 radical (unpaired) electrons. The lowest BCUT2D eigenvalue weighted by atomic mass is 10.2. The number of amides is 1. The van der Waals surface area contributed by atoms with Crippen LogP contribution >= 0.6 is 27.7 Å². The third kappa shape index (κ3) is 3.45. The highest BCUT2D eigenvalue weighted by atomic mass is 79.9. The Balaban J connectivity index is 2.02. The van der Waals surface area contributed by atoms with Crippen LogP contribution in [0.4, 0.5) is 5.82 Å². The van der Waals surface area contributed by atoms with E-state index in [-0.39, 0.29) is 11.2 Å². The maximum Gasteiger partial charge on any atom is 0.238 e. The van der Waals surface area contributed by atoms with Crippen molar-refractivity contribution in [3.8, 4) is 0 Å². The first-order chi connectivity index (χ1) is 8.16. The number of nitrogens with one attached hydrogen (secondary N) is 1. The van der Waals surface area contributed by atoms with E-state index in [0.29, 0.717) is 5.82 Å². The summed E-state index contributed by atoms with van der Waals surface area (Å²) in [6.07, 6.45) is 5.06. The molecule has 1 N–H and O–H groups in total. The second kappa shape index (κ2) is 5.87. The summed E-state index contributed by atoms with van der Waals surface area (Å²) in [6.45, 7) is 1.95. The second-order valence-corrected chi connectivity index (χ2v) is 6.39. The number of thioether (sulfide) groups is 1. The Morgan fingerprint density at radius 3 is 3.06 bits per heavy atom. The molecular weight excluding hydrogens is 300 g/mol. The first kappa shape index (κ1) is 12.9. The Labute approximate surface area is 114 Å². The van der Waals surface area contributed by atoms with Crippen LogP contribution in [-0.4, -0.2) is 21.9 Å². The fourth-order valence-corrected chi connectivity index (χ4v) is 3.46. The van der Waals surface area contributed by atoms with Crippen molar-refractivity contribution >= 4 is 39.4 Å². The first-order valence-corrected chi connectivity index (χ1v) is 7.55. The average Bonchev–Trinajstić information content (AvgIpc) is 2.34. The van der Waals surface area contributed by atoms with E-state index < -0.39 is 0 Å². The van der Waals surface area contributed by atoms with Crippen LogP contribution in [-0.2, 0) is 4.79 Å². The third-order valence-electron chi connectivity index (χ3n) is 2.76. The number of carbonyl (C=O) groups excluding carboxylic acids is 1. The summed E-state index contributed by atoms with van der Waals surface area (Å²) in [6, 6.07) is 1.95. The van der Waals surface area contributed by atoms with Crippen LogP contribution in [0.3, 0.4) is 0 Å². The topological polar surface area (TPSA) is 42.0 Å². The SMILES string of the molecule is Cc1cc(Br)cnc1NC(=O)C1CCCCS1. The van der Waals surface area contributed by atoms with Gasteiger partial charge in [0.25, 0.3) is 0 Å². The van der Waals surface area contributed by atoms with Crippen molar-refractivity contribution in [3.63, 3.8) is 0 Å². The van der Waals surface area contributed by atoms with E-state index in [1.54, 1.807) is 18.0 Å². The number of anilines is 1. The molecule has 1 aromatic rings. The van der Waals surface area contributed by atoms with E-state index >= 15 is 0 Å². The molecule has 5 heteroatoms. The molecule has 92 valence electrons. The number of carbonyl (C=O) groups is 1. The van der Waals surface area contributed by atoms with Gasteiger partial charge in [0, 0.05) is 10.7 Å². The van der Waals surface area contributed by atoms with E-state index in [1.165, 1.54) is 6.42 Å². The van der Waals surface area contributed by atoms with Crippen LogP contribution in [0.5, 0.6) is 0 Å². The van der Waals surface area contributed by atoms with Gasteiger partial charge in [-0.25, -0.2) is 4.98 Å². The largest absolute Gasteiger partial charge is 0.310 e. The molecule has 0 aliphatic carbocycles. The normalized spacial score (nSPS) is 20.0. The van der Waals surface area contributed by atoms with Crippen molar-refractivity contribution < 1.29 is 4.79 Å². The van der Waals surface area contributed by atoms with E-state index in [9.17, 15) is 4.79 Å². The number of pyridine rings is 1. The smallest absolute Gasteiger partial charge is 0.238 e. The van der Waals surface area contributed by atoms with Gasteiger partial charge in [0.15, 0.2) is 0 Å². The molecule has 0 saturated carbocycles. The molecule has 0 aromatic carbocycles. The van der Waals surface area contributed by atoms with Gasteiger partial charge in [-0.3, -0.25) is 4.79 Å². The summed E-state index contributed by atoms with van der Waals surface area (Å²) in [5.41, 5.74) is 0.980. The van der Waals surface area contributed by atoms with Crippen LogP contribution in [0.2, 0.25) is 0 Å². The molecule has 2 heterocycles. The third-order valence-corrected chi connectivity index (χ3v) is 4.57. The number of hydrogen-bond acceptors (Lipinski definition) is 3. The molecule has 1 amide bonds. The summed E-state index contributed by atoms with van der Waals surface area (Å²) >= 11 is 5.11. The molecule has 0 spiro atoms. The number of aryl methyl sites for hydroxylation is 1. The Hall–Kier alpha value is -0.550. The minimum Gasteiger partial charge on any atom is -0.310 e. The van der Waals surface area contributed by atoms with Crippen molar-refractivity contribution in [2.24, 2.45) is 0 Å². The van der Waals surface area contributed by atoms with Crippen molar-refractivity contribution in [1.29, 1.82) is 0 Å². The van der Waals surface area contributed by atoms with Crippen LogP contribution in [0.15, 0.2) is 16.7 Å². The maximum absolute atomic E-state index is 12.0. The summed E-state index contributed by atoms with van der Waals surface area (Å²) in [4.78, 5) is 16.2. The summed E-state index contributed by atoms with van der Waals surface area (Å²) in [7, 11) is 0. The van der Waals surface area contributed by atoms with Crippen LogP contribution in [0.25, 0.3) is 0 Å². The fraction of sp³-hybridized carbons (Fsp3) is 0.500. The van der Waals surface area contributed by atoms with E-state index in [2.05, 4.69) is 26.2 Å². The van der Waals surface area contributed by atoms with Crippen LogP contribution in [0.1, 0.15) is 24.8 Å². The fourth-order valence-electron chi connectivity index (χ4n) is 1.82. The minimum atomic E-state index is 0.0904. The Kier molecular flexibility index (Phi) is 4.45. The van der Waals surface area contributed by atoms with Gasteiger partial charge in [0.2, 0.25) is 5.91 Å². The lowest BCUT2D eigenvalue weighted by Crippen LogP contribution is -2.28.